The Balaban J connectivity index is 1.52. The lowest BCUT2D eigenvalue weighted by molar-refractivity contribution is 0.418. The van der Waals surface area contributed by atoms with E-state index < -0.39 is 0 Å². The highest BCUT2D eigenvalue weighted by Gasteiger charge is 2.34. The molecule has 0 aliphatic carbocycles. The van der Waals surface area contributed by atoms with Crippen LogP contribution in [0.4, 0.5) is 0 Å². The zero-order valence-corrected chi connectivity index (χ0v) is 21.0. The maximum absolute atomic E-state index is 6.27. The second kappa shape index (κ2) is 8.43. The Labute approximate surface area is 212 Å². The smallest absolute Gasteiger partial charge is 0.164 e. The summed E-state index contributed by atoms with van der Waals surface area (Å²) in [5.41, 5.74) is 4.82. The van der Waals surface area contributed by atoms with Gasteiger partial charge in [-0.2, -0.15) is 0 Å². The van der Waals surface area contributed by atoms with Crippen molar-refractivity contribution in [3.8, 4) is 45.7 Å². The Morgan fingerprint density at radius 1 is 0.571 bits per heavy atom. The minimum Gasteiger partial charge on any atom is -0.457 e. The largest absolute Gasteiger partial charge is 0.457 e. The zero-order chi connectivity index (χ0) is 24.0. The van der Waals surface area contributed by atoms with Crippen LogP contribution in [0.1, 0.15) is 25.0 Å². The van der Waals surface area contributed by atoms with Gasteiger partial charge in [0, 0.05) is 37.7 Å². The molecule has 0 N–H and O–H groups in total. The van der Waals surface area contributed by atoms with Crippen molar-refractivity contribution < 1.29 is 4.74 Å². The van der Waals surface area contributed by atoms with Gasteiger partial charge < -0.3 is 4.74 Å². The summed E-state index contributed by atoms with van der Waals surface area (Å²) in [5, 5.41) is 0. The predicted octanol–water partition coefficient (Wildman–Crippen LogP) is 8.07. The summed E-state index contributed by atoms with van der Waals surface area (Å²) in [6.07, 6.45) is 0. The van der Waals surface area contributed by atoms with Crippen LogP contribution in [0.5, 0.6) is 11.5 Å². The fourth-order valence-corrected chi connectivity index (χ4v) is 4.89. The van der Waals surface area contributed by atoms with Gasteiger partial charge in [-0.25, -0.2) is 15.0 Å². The summed E-state index contributed by atoms with van der Waals surface area (Å²) in [5.74, 6) is 3.68. The lowest BCUT2D eigenvalue weighted by Crippen LogP contribution is -2.24. The van der Waals surface area contributed by atoms with Gasteiger partial charge in [0.25, 0.3) is 0 Å². The van der Waals surface area contributed by atoms with Gasteiger partial charge in [0.2, 0.25) is 0 Å². The number of benzene rings is 4. The van der Waals surface area contributed by atoms with E-state index in [-0.39, 0.29) is 5.41 Å². The Hall–Kier alpha value is -3.83. The van der Waals surface area contributed by atoms with E-state index in [1.165, 1.54) is 0 Å². The second-order valence-electron chi connectivity index (χ2n) is 9.12. The van der Waals surface area contributed by atoms with Crippen LogP contribution in [0, 0.1) is 0 Å². The van der Waals surface area contributed by atoms with Crippen LogP contribution in [0.3, 0.4) is 0 Å². The van der Waals surface area contributed by atoms with Crippen molar-refractivity contribution >= 4 is 15.9 Å². The molecule has 4 aromatic carbocycles. The number of nitrogens with zero attached hydrogens (tertiary/aromatic N) is 3. The Morgan fingerprint density at radius 3 is 1.63 bits per heavy atom. The Bertz CT molecular complexity index is 1490. The van der Waals surface area contributed by atoms with Gasteiger partial charge in [0.15, 0.2) is 17.5 Å². The first-order valence-electron chi connectivity index (χ1n) is 11.5. The molecule has 170 valence electrons. The number of halogens is 1. The monoisotopic (exact) mass is 519 g/mol. The van der Waals surface area contributed by atoms with E-state index in [0.717, 1.165) is 43.8 Å². The van der Waals surface area contributed by atoms with Gasteiger partial charge in [-0.15, -0.1) is 0 Å². The molecule has 0 saturated heterocycles. The number of ether oxygens (including phenoxy) is 1. The maximum Gasteiger partial charge on any atom is 0.164 e. The highest BCUT2D eigenvalue weighted by atomic mass is 79.9. The molecule has 0 fully saturated rings. The average molecular weight is 520 g/mol. The summed E-state index contributed by atoms with van der Waals surface area (Å²) < 4.78 is 7.30. The third-order valence-electron chi connectivity index (χ3n) is 6.45. The topological polar surface area (TPSA) is 47.9 Å². The van der Waals surface area contributed by atoms with Crippen molar-refractivity contribution in [2.75, 3.05) is 0 Å². The summed E-state index contributed by atoms with van der Waals surface area (Å²) >= 11 is 3.61. The molecule has 5 aromatic rings. The molecular weight excluding hydrogens is 498 g/mol. The number of hydrogen-bond acceptors (Lipinski definition) is 4. The molecule has 5 heteroatoms. The van der Waals surface area contributed by atoms with Gasteiger partial charge >= 0.3 is 0 Å². The maximum atomic E-state index is 6.27. The summed E-state index contributed by atoms with van der Waals surface area (Å²) in [6, 6.07) is 32.4. The van der Waals surface area contributed by atoms with E-state index in [2.05, 4.69) is 41.9 Å². The fourth-order valence-electron chi connectivity index (χ4n) is 4.53. The number of rotatable bonds is 3. The lowest BCUT2D eigenvalue weighted by atomic mass is 9.75. The minimum atomic E-state index is -0.250. The number of fused-ring (bicyclic) bond motifs is 2. The minimum absolute atomic E-state index is 0.250. The van der Waals surface area contributed by atoms with Crippen LogP contribution in [-0.4, -0.2) is 15.0 Å². The fraction of sp³-hybridized carbons (Fsp3) is 0.100. The normalized spacial score (nSPS) is 13.5. The van der Waals surface area contributed by atoms with Crippen molar-refractivity contribution in [3.63, 3.8) is 0 Å². The van der Waals surface area contributed by atoms with Crippen molar-refractivity contribution in [3.05, 3.63) is 113 Å². The summed E-state index contributed by atoms with van der Waals surface area (Å²) in [4.78, 5) is 14.6. The van der Waals surface area contributed by atoms with Crippen LogP contribution in [0.15, 0.2) is 102 Å². The van der Waals surface area contributed by atoms with Crippen LogP contribution >= 0.6 is 15.9 Å². The van der Waals surface area contributed by atoms with Crippen molar-refractivity contribution in [2.24, 2.45) is 0 Å². The van der Waals surface area contributed by atoms with Crippen molar-refractivity contribution in [1.29, 1.82) is 0 Å². The zero-order valence-electron chi connectivity index (χ0n) is 19.4. The second-order valence-corrected chi connectivity index (χ2v) is 10.0. The lowest BCUT2D eigenvalue weighted by Gasteiger charge is -2.34. The van der Waals surface area contributed by atoms with Gasteiger partial charge in [0.05, 0.1) is 0 Å². The number of aromatic nitrogens is 3. The first-order chi connectivity index (χ1) is 17.0. The molecule has 2 heterocycles. The summed E-state index contributed by atoms with van der Waals surface area (Å²) in [7, 11) is 0. The SMILES string of the molecule is CC1(C)c2cc(Br)ccc2Oc2ccc(-c3nc(-c4ccccc4)nc(-c4ccccc4)n3)cc21. The average Bonchev–Trinajstić information content (AvgIpc) is 2.90. The van der Waals surface area contributed by atoms with Gasteiger partial charge in [0.1, 0.15) is 11.5 Å². The third kappa shape index (κ3) is 3.92. The molecule has 4 nitrogen and oxygen atoms in total. The molecular formula is C30H22BrN3O. The van der Waals surface area contributed by atoms with Gasteiger partial charge in [-0.1, -0.05) is 90.4 Å². The first kappa shape index (κ1) is 21.7. The molecule has 0 saturated carbocycles. The standard InChI is InChI=1S/C30H22BrN3O/c1-30(2)23-17-21(13-15-25(23)35-26-16-14-22(31)18-24(26)30)29-33-27(19-9-5-3-6-10-19)32-28(34-29)20-11-7-4-8-12-20/h3-18H,1-2H3. The molecule has 0 atom stereocenters. The molecule has 0 bridgehead atoms. The Morgan fingerprint density at radius 2 is 1.06 bits per heavy atom. The predicted molar refractivity (Wildman–Crippen MR) is 142 cm³/mol. The van der Waals surface area contributed by atoms with E-state index in [4.69, 9.17) is 19.7 Å². The molecule has 0 radical (unpaired) electrons. The van der Waals surface area contributed by atoms with Crippen molar-refractivity contribution in [2.45, 2.75) is 19.3 Å². The van der Waals surface area contributed by atoms with Gasteiger partial charge in [-0.05, 0) is 36.4 Å². The van der Waals surface area contributed by atoms with E-state index in [1.54, 1.807) is 0 Å². The molecule has 0 amide bonds. The van der Waals surface area contributed by atoms with E-state index in [1.807, 2.05) is 84.9 Å². The molecule has 0 unspecified atom stereocenters. The van der Waals surface area contributed by atoms with Gasteiger partial charge in [-0.3, -0.25) is 0 Å². The highest BCUT2D eigenvalue weighted by Crippen LogP contribution is 2.49. The van der Waals surface area contributed by atoms with Crippen molar-refractivity contribution in [1.82, 2.24) is 15.0 Å². The quantitative estimate of drug-likeness (QED) is 0.241. The first-order valence-corrected chi connectivity index (χ1v) is 12.3. The molecule has 1 aromatic heterocycles. The van der Waals surface area contributed by atoms with E-state index >= 15 is 0 Å². The molecule has 6 rings (SSSR count). The molecule has 1 aliphatic heterocycles. The van der Waals surface area contributed by atoms with Crippen LogP contribution in [0.25, 0.3) is 34.2 Å². The molecule has 0 spiro atoms. The number of hydrogen-bond donors (Lipinski definition) is 0. The summed E-state index contributed by atoms with van der Waals surface area (Å²) in [6.45, 7) is 4.45. The van der Waals surface area contributed by atoms with E-state index in [0.29, 0.717) is 17.5 Å². The van der Waals surface area contributed by atoms with E-state index in [9.17, 15) is 0 Å². The molecule has 35 heavy (non-hydrogen) atoms. The molecule has 1 aliphatic rings. The highest BCUT2D eigenvalue weighted by molar-refractivity contribution is 9.10. The van der Waals surface area contributed by atoms with Crippen LogP contribution in [-0.2, 0) is 5.41 Å². The van der Waals surface area contributed by atoms with Crippen LogP contribution in [0.2, 0.25) is 0 Å². The Kier molecular flexibility index (Phi) is 5.23. The third-order valence-corrected chi connectivity index (χ3v) is 6.94. The van der Waals surface area contributed by atoms with Crippen LogP contribution < -0.4 is 4.74 Å².